The number of rotatable bonds is 9. The summed E-state index contributed by atoms with van der Waals surface area (Å²) in [4.78, 5) is 35.4. The third-order valence-electron chi connectivity index (χ3n) is 5.68. The van der Waals surface area contributed by atoms with Crippen molar-refractivity contribution in [3.8, 4) is 11.1 Å². The highest BCUT2D eigenvalue weighted by Gasteiger charge is 2.31. The summed E-state index contributed by atoms with van der Waals surface area (Å²) in [6, 6.07) is 15.6. The van der Waals surface area contributed by atoms with Crippen molar-refractivity contribution in [2.75, 3.05) is 13.2 Å². The average molecular weight is 440 g/mol. The minimum absolute atomic E-state index is 0.0591. The Morgan fingerprint density at radius 3 is 2.16 bits per heavy atom. The highest BCUT2D eigenvalue weighted by molar-refractivity contribution is 5.81. The Kier molecular flexibility index (Phi) is 7.15. The van der Waals surface area contributed by atoms with Crippen molar-refractivity contribution in [3.63, 3.8) is 0 Å². The van der Waals surface area contributed by atoms with Crippen molar-refractivity contribution in [2.24, 2.45) is 0 Å². The zero-order valence-corrected chi connectivity index (χ0v) is 18.1. The van der Waals surface area contributed by atoms with Gasteiger partial charge in [-0.3, -0.25) is 4.79 Å². The number of carboxylic acid groups (broad SMARTS) is 1. The van der Waals surface area contributed by atoms with Gasteiger partial charge in [0.05, 0.1) is 6.54 Å². The number of benzene rings is 2. The molecule has 0 aromatic heterocycles. The lowest BCUT2D eigenvalue weighted by molar-refractivity contribution is -0.156. The van der Waals surface area contributed by atoms with Gasteiger partial charge in [-0.2, -0.15) is 0 Å². The molecule has 0 bridgehead atoms. The Morgan fingerprint density at radius 1 is 1.06 bits per heavy atom. The van der Waals surface area contributed by atoms with Gasteiger partial charge in [0.15, 0.2) is 5.60 Å². The smallest absolute Gasteiger partial charge is 0.407 e. The first-order chi connectivity index (χ1) is 15.2. The Hall–Kier alpha value is -3.39. The van der Waals surface area contributed by atoms with Crippen LogP contribution in [0.4, 0.5) is 4.79 Å². The Bertz CT molecular complexity index is 958. The molecule has 8 heteroatoms. The highest BCUT2D eigenvalue weighted by Crippen LogP contribution is 2.44. The number of ether oxygens (including phenoxy) is 1. The zero-order chi connectivity index (χ0) is 23.3. The molecule has 4 N–H and O–H groups in total. The first-order valence-electron chi connectivity index (χ1n) is 10.6. The number of hydrogen-bond donors (Lipinski definition) is 4. The van der Waals surface area contributed by atoms with Gasteiger partial charge in [-0.05, 0) is 35.6 Å². The van der Waals surface area contributed by atoms with E-state index in [0.717, 1.165) is 29.2 Å². The summed E-state index contributed by atoms with van der Waals surface area (Å²) in [5.41, 5.74) is 2.43. The quantitative estimate of drug-likeness (QED) is 0.475. The Morgan fingerprint density at radius 2 is 1.62 bits per heavy atom. The second-order valence-electron chi connectivity index (χ2n) is 8.13. The van der Waals surface area contributed by atoms with Gasteiger partial charge in [-0.25, -0.2) is 9.59 Å². The van der Waals surface area contributed by atoms with Crippen molar-refractivity contribution in [3.05, 3.63) is 59.7 Å². The second kappa shape index (κ2) is 9.82. The summed E-state index contributed by atoms with van der Waals surface area (Å²) in [6.45, 7) is 2.66. The van der Waals surface area contributed by atoms with Crippen LogP contribution in [0.25, 0.3) is 11.1 Å². The van der Waals surface area contributed by atoms with E-state index in [1.165, 1.54) is 0 Å². The Balaban J connectivity index is 1.54. The first kappa shape index (κ1) is 23.3. The number of nitrogens with one attached hydrogen (secondary N) is 2. The van der Waals surface area contributed by atoms with Crippen LogP contribution in [-0.4, -0.2) is 53.0 Å². The summed E-state index contributed by atoms with van der Waals surface area (Å²) in [5, 5.41) is 23.7. The normalized spacial score (nSPS) is 15.1. The molecule has 3 rings (SSSR count). The molecule has 2 amide bonds. The molecule has 32 heavy (non-hydrogen) atoms. The molecule has 0 heterocycles. The predicted octanol–water partition coefficient (Wildman–Crippen LogP) is 2.65. The van der Waals surface area contributed by atoms with E-state index in [2.05, 4.69) is 22.8 Å². The molecule has 2 aromatic carbocycles. The topological polar surface area (TPSA) is 125 Å². The number of aliphatic carboxylic acids is 1. The largest absolute Gasteiger partial charge is 0.479 e. The first-order valence-corrected chi connectivity index (χ1v) is 10.6. The van der Waals surface area contributed by atoms with E-state index < -0.39 is 36.2 Å². The lowest BCUT2D eigenvalue weighted by Gasteiger charge is -2.21. The van der Waals surface area contributed by atoms with Gasteiger partial charge in [-0.1, -0.05) is 55.5 Å². The van der Waals surface area contributed by atoms with Gasteiger partial charge >= 0.3 is 12.1 Å². The molecular weight excluding hydrogens is 412 g/mol. The third kappa shape index (κ3) is 5.26. The van der Waals surface area contributed by atoms with Crippen LogP contribution in [0.3, 0.4) is 0 Å². The fraction of sp³-hybridized carbons (Fsp3) is 0.375. The maximum Gasteiger partial charge on any atom is 0.407 e. The molecule has 1 aliphatic carbocycles. The van der Waals surface area contributed by atoms with Gasteiger partial charge in [0.1, 0.15) is 6.61 Å². The summed E-state index contributed by atoms with van der Waals surface area (Å²) >= 11 is 0. The monoisotopic (exact) mass is 440 g/mol. The van der Waals surface area contributed by atoms with E-state index in [0.29, 0.717) is 6.42 Å². The molecule has 0 fully saturated rings. The number of carbonyl (C=O) groups excluding carboxylic acids is 2. The molecule has 8 nitrogen and oxygen atoms in total. The summed E-state index contributed by atoms with van der Waals surface area (Å²) < 4.78 is 5.50. The molecule has 0 saturated heterocycles. The Labute approximate surface area is 186 Å². The zero-order valence-electron chi connectivity index (χ0n) is 18.1. The molecule has 2 aromatic rings. The van der Waals surface area contributed by atoms with Gasteiger partial charge in [0.2, 0.25) is 5.91 Å². The summed E-state index contributed by atoms with van der Waals surface area (Å²) in [7, 11) is 0. The van der Waals surface area contributed by atoms with E-state index in [1.807, 2.05) is 43.3 Å². The fourth-order valence-electron chi connectivity index (χ4n) is 3.75. The lowest BCUT2D eigenvalue weighted by Crippen LogP contribution is -2.48. The van der Waals surface area contributed by atoms with Crippen LogP contribution in [0.1, 0.15) is 43.7 Å². The minimum atomic E-state index is -2.06. The van der Waals surface area contributed by atoms with Crippen LogP contribution < -0.4 is 10.6 Å². The summed E-state index contributed by atoms with van der Waals surface area (Å²) in [5.74, 6) is -1.96. The van der Waals surface area contributed by atoms with Gasteiger partial charge < -0.3 is 25.6 Å². The third-order valence-corrected chi connectivity index (χ3v) is 5.68. The lowest BCUT2D eigenvalue weighted by atomic mass is 9.98. The molecule has 0 aliphatic heterocycles. The number of hydrogen-bond acceptors (Lipinski definition) is 5. The number of fused-ring (bicyclic) bond motifs is 3. The van der Waals surface area contributed by atoms with E-state index in [4.69, 9.17) is 9.84 Å². The average Bonchev–Trinajstić information content (AvgIpc) is 3.09. The van der Waals surface area contributed by atoms with E-state index in [-0.39, 0.29) is 18.9 Å². The van der Waals surface area contributed by atoms with Gasteiger partial charge in [-0.15, -0.1) is 0 Å². The maximum absolute atomic E-state index is 12.4. The molecule has 0 spiro atoms. The van der Waals surface area contributed by atoms with E-state index in [9.17, 15) is 19.5 Å². The van der Waals surface area contributed by atoms with Gasteiger partial charge in [0, 0.05) is 18.4 Å². The number of carbonyl (C=O) groups is 3. The molecule has 170 valence electrons. The fourth-order valence-corrected chi connectivity index (χ4v) is 3.75. The molecule has 0 radical (unpaired) electrons. The number of amides is 2. The SMILES string of the molecule is CCC(CC(=O)NCC(C)(O)C(=O)O)NC(=O)OCC1c2ccccc2-c2ccccc21. The number of alkyl carbamates (subject to hydrolysis) is 1. The van der Waals surface area contributed by atoms with Crippen LogP contribution in [0.2, 0.25) is 0 Å². The standard InChI is InChI=1S/C24H28N2O6/c1-3-15(12-21(27)25-14-24(2,31)22(28)29)26-23(30)32-13-20-18-10-6-4-8-16(18)17-9-5-7-11-19(17)20/h4-11,15,20,31H,3,12-14H2,1-2H3,(H,25,27)(H,26,30)(H,28,29). The minimum Gasteiger partial charge on any atom is -0.479 e. The van der Waals surface area contributed by atoms with Crippen LogP contribution in [0, 0.1) is 0 Å². The van der Waals surface area contributed by atoms with Crippen LogP contribution in [0.5, 0.6) is 0 Å². The van der Waals surface area contributed by atoms with Crippen LogP contribution in [-0.2, 0) is 14.3 Å². The van der Waals surface area contributed by atoms with Crippen LogP contribution >= 0.6 is 0 Å². The number of carboxylic acids is 1. The molecule has 2 unspecified atom stereocenters. The summed E-state index contributed by atoms with van der Waals surface area (Å²) in [6.07, 6.45) is -0.201. The highest BCUT2D eigenvalue weighted by atomic mass is 16.5. The number of aliphatic hydroxyl groups is 1. The van der Waals surface area contributed by atoms with Crippen molar-refractivity contribution >= 4 is 18.0 Å². The van der Waals surface area contributed by atoms with Crippen molar-refractivity contribution < 1.29 is 29.3 Å². The van der Waals surface area contributed by atoms with E-state index >= 15 is 0 Å². The predicted molar refractivity (Wildman–Crippen MR) is 118 cm³/mol. The van der Waals surface area contributed by atoms with Crippen molar-refractivity contribution in [2.45, 2.75) is 44.2 Å². The van der Waals surface area contributed by atoms with E-state index in [1.54, 1.807) is 0 Å². The van der Waals surface area contributed by atoms with Crippen molar-refractivity contribution in [1.29, 1.82) is 0 Å². The van der Waals surface area contributed by atoms with Gasteiger partial charge in [0.25, 0.3) is 0 Å². The molecule has 0 saturated carbocycles. The van der Waals surface area contributed by atoms with Crippen LogP contribution in [0.15, 0.2) is 48.5 Å². The second-order valence-corrected chi connectivity index (χ2v) is 8.13. The van der Waals surface area contributed by atoms with Crippen molar-refractivity contribution in [1.82, 2.24) is 10.6 Å². The maximum atomic E-state index is 12.4. The molecule has 1 aliphatic rings. The molecular formula is C24H28N2O6. The molecule has 2 atom stereocenters.